The van der Waals surface area contributed by atoms with Crippen molar-refractivity contribution >= 4 is 27.5 Å². The fourth-order valence-electron chi connectivity index (χ4n) is 1.35. The number of nitrogens with one attached hydrogen (secondary N) is 1. The topological polar surface area (TPSA) is 42.0 Å². The Morgan fingerprint density at radius 2 is 1.94 bits per heavy atom. The van der Waals surface area contributed by atoms with Gasteiger partial charge in [0.25, 0.3) is 5.91 Å². The summed E-state index contributed by atoms with van der Waals surface area (Å²) in [5.74, 6) is -1.64. The van der Waals surface area contributed by atoms with Crippen molar-refractivity contribution in [2.24, 2.45) is 0 Å². The van der Waals surface area contributed by atoms with E-state index in [4.69, 9.17) is 0 Å². The van der Waals surface area contributed by atoms with Crippen molar-refractivity contribution in [1.82, 2.24) is 4.98 Å². The molecule has 0 saturated carbocycles. The number of nitrogens with zero attached hydrogens (tertiary/aromatic N) is 1. The molecule has 6 heteroatoms. The summed E-state index contributed by atoms with van der Waals surface area (Å²) in [6.07, 6.45) is 2.32. The van der Waals surface area contributed by atoms with Crippen LogP contribution in [0, 0.1) is 11.6 Å². The highest BCUT2D eigenvalue weighted by Gasteiger charge is 2.11. The fraction of sp³-hybridized carbons (Fsp3) is 0. The monoisotopic (exact) mass is 312 g/mol. The number of amides is 1. The molecule has 2 aromatic rings. The molecule has 0 fully saturated rings. The van der Waals surface area contributed by atoms with Crippen LogP contribution in [0.25, 0.3) is 0 Å². The van der Waals surface area contributed by atoms with Gasteiger partial charge in [-0.05, 0) is 34.1 Å². The van der Waals surface area contributed by atoms with E-state index in [1.54, 1.807) is 0 Å². The van der Waals surface area contributed by atoms with Crippen LogP contribution in [0.2, 0.25) is 0 Å². The number of hydrogen-bond donors (Lipinski definition) is 1. The molecule has 1 amide bonds. The number of halogens is 3. The maximum atomic E-state index is 13.0. The lowest BCUT2D eigenvalue weighted by atomic mass is 10.2. The maximum Gasteiger partial charge on any atom is 0.256 e. The molecule has 0 bridgehead atoms. The first-order chi connectivity index (χ1) is 8.56. The van der Waals surface area contributed by atoms with Gasteiger partial charge in [0.1, 0.15) is 11.6 Å². The average Bonchev–Trinajstić information content (AvgIpc) is 2.32. The van der Waals surface area contributed by atoms with E-state index < -0.39 is 17.5 Å². The van der Waals surface area contributed by atoms with Gasteiger partial charge < -0.3 is 5.32 Å². The van der Waals surface area contributed by atoms with Crippen molar-refractivity contribution in [3.05, 3.63) is 58.3 Å². The van der Waals surface area contributed by atoms with E-state index in [1.165, 1.54) is 18.3 Å². The molecule has 92 valence electrons. The number of anilines is 1. The Morgan fingerprint density at radius 3 is 2.67 bits per heavy atom. The van der Waals surface area contributed by atoms with E-state index in [0.29, 0.717) is 4.47 Å². The Balaban J connectivity index is 2.24. The van der Waals surface area contributed by atoms with Crippen molar-refractivity contribution in [2.45, 2.75) is 0 Å². The molecule has 0 radical (unpaired) electrons. The van der Waals surface area contributed by atoms with E-state index in [9.17, 15) is 13.6 Å². The smallest absolute Gasteiger partial charge is 0.256 e. The fourth-order valence-corrected chi connectivity index (χ4v) is 1.78. The largest absolute Gasteiger partial charge is 0.320 e. The molecule has 0 atom stereocenters. The number of pyridine rings is 1. The second-order valence-electron chi connectivity index (χ2n) is 3.47. The van der Waals surface area contributed by atoms with E-state index in [0.717, 1.165) is 18.3 Å². The zero-order chi connectivity index (χ0) is 13.1. The number of carbonyl (C=O) groups is 1. The quantitative estimate of drug-likeness (QED) is 0.923. The lowest BCUT2D eigenvalue weighted by Crippen LogP contribution is -2.13. The molecule has 0 saturated heterocycles. The third kappa shape index (κ3) is 2.89. The van der Waals surface area contributed by atoms with Crippen molar-refractivity contribution in [3.8, 4) is 0 Å². The van der Waals surface area contributed by atoms with Gasteiger partial charge in [-0.25, -0.2) is 8.78 Å². The maximum absolute atomic E-state index is 13.0. The molecular formula is C12H7BrF2N2O. The Bertz CT molecular complexity index is 604. The van der Waals surface area contributed by atoms with Crippen LogP contribution in [-0.2, 0) is 0 Å². The predicted octanol–water partition coefficient (Wildman–Crippen LogP) is 3.37. The van der Waals surface area contributed by atoms with Crippen LogP contribution in [0.1, 0.15) is 10.4 Å². The third-order valence-corrected chi connectivity index (χ3v) is 2.83. The van der Waals surface area contributed by atoms with Gasteiger partial charge in [-0.3, -0.25) is 9.78 Å². The molecule has 1 aromatic carbocycles. The second-order valence-corrected chi connectivity index (χ2v) is 4.32. The summed E-state index contributed by atoms with van der Waals surface area (Å²) >= 11 is 3.14. The van der Waals surface area contributed by atoms with E-state index in [-0.39, 0.29) is 11.3 Å². The van der Waals surface area contributed by atoms with Gasteiger partial charge in [0.05, 0.1) is 23.6 Å². The molecule has 0 unspecified atom stereocenters. The molecule has 1 aromatic heterocycles. The molecule has 0 aliphatic heterocycles. The minimum absolute atomic E-state index is 0.124. The van der Waals surface area contributed by atoms with Crippen molar-refractivity contribution < 1.29 is 13.6 Å². The van der Waals surface area contributed by atoms with Gasteiger partial charge in [0, 0.05) is 10.5 Å². The number of aromatic nitrogens is 1. The normalized spacial score (nSPS) is 10.2. The van der Waals surface area contributed by atoms with Gasteiger partial charge in [0.15, 0.2) is 0 Å². The molecular weight excluding hydrogens is 306 g/mol. The van der Waals surface area contributed by atoms with Gasteiger partial charge in [-0.15, -0.1) is 0 Å². The van der Waals surface area contributed by atoms with Gasteiger partial charge in [-0.2, -0.15) is 0 Å². The SMILES string of the molecule is O=C(Nc1cncc(F)c1)c1cc(F)ccc1Br. The summed E-state index contributed by atoms with van der Waals surface area (Å²) in [5.41, 5.74) is 0.329. The van der Waals surface area contributed by atoms with Crippen molar-refractivity contribution in [3.63, 3.8) is 0 Å². The lowest BCUT2D eigenvalue weighted by Gasteiger charge is -2.06. The van der Waals surface area contributed by atoms with Crippen LogP contribution in [0.4, 0.5) is 14.5 Å². The number of carbonyl (C=O) groups excluding carboxylic acids is 1. The first kappa shape index (κ1) is 12.6. The van der Waals surface area contributed by atoms with E-state index in [1.807, 2.05) is 0 Å². The highest BCUT2D eigenvalue weighted by atomic mass is 79.9. The minimum Gasteiger partial charge on any atom is -0.320 e. The lowest BCUT2D eigenvalue weighted by molar-refractivity contribution is 0.102. The Hall–Kier alpha value is -1.82. The number of rotatable bonds is 2. The predicted molar refractivity (Wildman–Crippen MR) is 66.2 cm³/mol. The Kier molecular flexibility index (Phi) is 3.66. The van der Waals surface area contributed by atoms with Gasteiger partial charge >= 0.3 is 0 Å². The molecule has 0 aliphatic carbocycles. The Labute approximate surface area is 110 Å². The zero-order valence-corrected chi connectivity index (χ0v) is 10.5. The molecule has 1 heterocycles. The summed E-state index contributed by atoms with van der Waals surface area (Å²) in [5, 5.41) is 2.43. The molecule has 3 nitrogen and oxygen atoms in total. The summed E-state index contributed by atoms with van der Waals surface area (Å²) < 4.78 is 26.4. The van der Waals surface area contributed by atoms with Crippen LogP contribution >= 0.6 is 15.9 Å². The van der Waals surface area contributed by atoms with Gasteiger partial charge in [-0.1, -0.05) is 0 Å². The van der Waals surface area contributed by atoms with Crippen LogP contribution < -0.4 is 5.32 Å². The summed E-state index contributed by atoms with van der Waals surface area (Å²) in [6, 6.07) is 4.86. The summed E-state index contributed by atoms with van der Waals surface area (Å²) in [6.45, 7) is 0. The zero-order valence-electron chi connectivity index (χ0n) is 8.95. The highest BCUT2D eigenvalue weighted by Crippen LogP contribution is 2.19. The van der Waals surface area contributed by atoms with Gasteiger partial charge in [0.2, 0.25) is 0 Å². The molecule has 1 N–H and O–H groups in total. The number of hydrogen-bond acceptors (Lipinski definition) is 2. The standard InChI is InChI=1S/C12H7BrF2N2O/c13-11-2-1-7(14)4-10(11)12(18)17-9-3-8(15)5-16-6-9/h1-6H,(H,17,18). The third-order valence-electron chi connectivity index (χ3n) is 2.14. The second kappa shape index (κ2) is 5.22. The molecule has 0 aliphatic rings. The van der Waals surface area contributed by atoms with Crippen LogP contribution in [0.15, 0.2) is 41.1 Å². The van der Waals surface area contributed by atoms with Crippen LogP contribution in [0.3, 0.4) is 0 Å². The van der Waals surface area contributed by atoms with E-state index in [2.05, 4.69) is 26.2 Å². The highest BCUT2D eigenvalue weighted by molar-refractivity contribution is 9.10. The van der Waals surface area contributed by atoms with Crippen LogP contribution in [0.5, 0.6) is 0 Å². The van der Waals surface area contributed by atoms with E-state index >= 15 is 0 Å². The summed E-state index contributed by atoms with van der Waals surface area (Å²) in [7, 11) is 0. The Morgan fingerprint density at radius 1 is 1.17 bits per heavy atom. The molecule has 18 heavy (non-hydrogen) atoms. The molecule has 2 rings (SSSR count). The number of benzene rings is 1. The molecule has 0 spiro atoms. The average molecular weight is 313 g/mol. The first-order valence-corrected chi connectivity index (χ1v) is 5.72. The van der Waals surface area contributed by atoms with Crippen molar-refractivity contribution in [2.75, 3.05) is 5.32 Å². The van der Waals surface area contributed by atoms with Crippen molar-refractivity contribution in [1.29, 1.82) is 0 Å². The summed E-state index contributed by atoms with van der Waals surface area (Å²) in [4.78, 5) is 15.4. The first-order valence-electron chi connectivity index (χ1n) is 4.93. The minimum atomic E-state index is -0.564. The van der Waals surface area contributed by atoms with Crippen LogP contribution in [-0.4, -0.2) is 10.9 Å².